The van der Waals surface area contributed by atoms with Crippen LogP contribution in [0.5, 0.6) is 0 Å². The van der Waals surface area contributed by atoms with Gasteiger partial charge in [0.2, 0.25) is 5.50 Å². The molecular weight excluding hydrogens is 490 g/mol. The summed E-state index contributed by atoms with van der Waals surface area (Å²) < 4.78 is 190. The molecule has 29 heavy (non-hydrogen) atoms. The van der Waals surface area contributed by atoms with E-state index < -0.39 is 67.4 Å². The normalized spacial score (nSPS) is 19.2. The van der Waals surface area contributed by atoms with Crippen LogP contribution in [0.15, 0.2) is 0 Å². The highest BCUT2D eigenvalue weighted by atomic mass is 32.2. The van der Waals surface area contributed by atoms with Crippen LogP contribution in [0, 0.1) is 0 Å². The van der Waals surface area contributed by atoms with Gasteiger partial charge in [-0.3, -0.25) is 9.05 Å². The first-order valence-electron chi connectivity index (χ1n) is 7.00. The topological polar surface area (TPSA) is 35.5 Å². The first kappa shape index (κ1) is 28.6. The fraction of sp³-hybridized carbons (Fsp3) is 1.00. The molecule has 3 nitrogen and oxygen atoms in total. The summed E-state index contributed by atoms with van der Waals surface area (Å²) in [5.74, 6) is -36.3. The van der Waals surface area contributed by atoms with Gasteiger partial charge in [0.1, 0.15) is 6.10 Å². The molecule has 176 valence electrons. The lowest BCUT2D eigenvalue weighted by Gasteiger charge is -2.41. The van der Waals surface area contributed by atoms with E-state index in [1.165, 1.54) is 0 Å². The van der Waals surface area contributed by atoms with Crippen LogP contribution in [0.4, 0.5) is 56.4 Å². The van der Waals surface area contributed by atoms with E-state index in [1.807, 2.05) is 0 Å². The molecule has 0 radical (unpaired) electrons. The number of hydrogen-bond acceptors (Lipinski definition) is 4. The molecule has 0 aliphatic carbocycles. The van der Waals surface area contributed by atoms with Crippen LogP contribution in [0.2, 0.25) is 0 Å². The van der Waals surface area contributed by atoms with Crippen LogP contribution in [0.1, 0.15) is 20.8 Å². The van der Waals surface area contributed by atoms with Crippen molar-refractivity contribution < 1.29 is 70.0 Å². The first-order chi connectivity index (χ1) is 12.5. The van der Waals surface area contributed by atoms with Gasteiger partial charge >= 0.3 is 37.5 Å². The van der Waals surface area contributed by atoms with E-state index in [9.17, 15) is 60.9 Å². The zero-order chi connectivity index (χ0) is 23.9. The molecular formula is C11H12F13O3PS. The van der Waals surface area contributed by atoms with Crippen LogP contribution in [0.3, 0.4) is 0 Å². The molecule has 0 amide bonds. The Balaban J connectivity index is 6.13. The lowest BCUT2D eigenvalue weighted by molar-refractivity contribution is -0.410. The van der Waals surface area contributed by atoms with E-state index >= 15 is 0 Å². The minimum atomic E-state index is -7.73. The summed E-state index contributed by atoms with van der Waals surface area (Å²) in [7, 11) is -6.12. The average molecular weight is 502 g/mol. The Morgan fingerprint density at radius 3 is 1.48 bits per heavy atom. The van der Waals surface area contributed by atoms with Crippen molar-refractivity contribution in [3.63, 3.8) is 0 Å². The lowest BCUT2D eigenvalue weighted by Crippen LogP contribution is -2.70. The number of rotatable bonds is 11. The van der Waals surface area contributed by atoms with Crippen molar-refractivity contribution in [1.29, 1.82) is 0 Å². The largest absolute Gasteiger partial charge is 0.513 e. The number of halogens is 13. The van der Waals surface area contributed by atoms with E-state index in [0.717, 1.165) is 13.8 Å². The predicted molar refractivity (Wildman–Crippen MR) is 73.8 cm³/mol. The second kappa shape index (κ2) is 8.61. The molecule has 0 saturated heterocycles. The molecule has 0 saturated carbocycles. The Kier molecular flexibility index (Phi) is 8.49. The Morgan fingerprint density at radius 2 is 1.14 bits per heavy atom. The third-order valence-corrected chi connectivity index (χ3v) is 4.81. The first-order valence-corrected chi connectivity index (χ1v) is 9.21. The van der Waals surface area contributed by atoms with Crippen molar-refractivity contribution in [3.05, 3.63) is 0 Å². The van der Waals surface area contributed by atoms with Crippen molar-refractivity contribution in [2.45, 2.75) is 68.1 Å². The Morgan fingerprint density at radius 1 is 0.759 bits per heavy atom. The fourth-order valence-electron chi connectivity index (χ4n) is 1.60. The second-order valence-corrected chi connectivity index (χ2v) is 7.58. The molecule has 0 heterocycles. The zero-order valence-electron chi connectivity index (χ0n) is 14.2. The van der Waals surface area contributed by atoms with Crippen LogP contribution >= 0.6 is 20.1 Å². The molecule has 0 aromatic heterocycles. The molecule has 0 fully saturated rings. The molecule has 0 aromatic rings. The number of hydrogen-bond donors (Lipinski definition) is 0. The third kappa shape index (κ3) is 5.09. The van der Waals surface area contributed by atoms with E-state index in [0.29, 0.717) is 0 Å². The summed E-state index contributed by atoms with van der Waals surface area (Å²) in [6.07, 6.45) is -5.28. The highest BCUT2D eigenvalue weighted by Gasteiger charge is 2.88. The van der Waals surface area contributed by atoms with Crippen molar-refractivity contribution in [2.75, 3.05) is 0 Å². The van der Waals surface area contributed by atoms with Crippen molar-refractivity contribution in [2.24, 2.45) is 0 Å². The van der Waals surface area contributed by atoms with E-state index in [1.54, 1.807) is 0 Å². The van der Waals surface area contributed by atoms with Gasteiger partial charge in [-0.15, -0.1) is 4.20 Å². The molecule has 0 bridgehead atoms. The third-order valence-electron chi connectivity index (χ3n) is 3.12. The SMILES string of the molecule is CC(C)OP(=O)(F)OC(C)C(F)(F)C(F)(F)C(F)(F)C(F)(F)C(F)(F)C(F)SF. The smallest absolute Gasteiger partial charge is 0.281 e. The van der Waals surface area contributed by atoms with Crippen molar-refractivity contribution in [1.82, 2.24) is 0 Å². The highest BCUT2D eigenvalue weighted by molar-refractivity contribution is 7.94. The number of alkyl halides is 11. The van der Waals surface area contributed by atoms with Gasteiger partial charge in [0.15, 0.2) is 0 Å². The summed E-state index contributed by atoms with van der Waals surface area (Å²) >= 11 is -2.28. The van der Waals surface area contributed by atoms with Gasteiger partial charge in [0.05, 0.1) is 18.3 Å². The molecule has 3 unspecified atom stereocenters. The van der Waals surface area contributed by atoms with Crippen LogP contribution < -0.4 is 0 Å². The summed E-state index contributed by atoms with van der Waals surface area (Å²) in [5, 5.41) is 0. The van der Waals surface area contributed by atoms with Gasteiger partial charge < -0.3 is 0 Å². The van der Waals surface area contributed by atoms with Crippen LogP contribution in [-0.4, -0.2) is 47.3 Å². The quantitative estimate of drug-likeness (QED) is 0.226. The summed E-state index contributed by atoms with van der Waals surface area (Å²) in [4.78, 5) is 0. The van der Waals surface area contributed by atoms with Gasteiger partial charge in [0.25, 0.3) is 0 Å². The van der Waals surface area contributed by atoms with Crippen LogP contribution in [0.25, 0.3) is 0 Å². The zero-order valence-corrected chi connectivity index (χ0v) is 15.9. The minimum Gasteiger partial charge on any atom is -0.281 e. The standard InChI is InChI=1S/C11H12F13O3PS/c1-4(2)26-28(23,25)27-5(3)7(13,14)9(17,18)11(21,22)10(19,20)8(15,16)6(12)29-24/h4-6H,1-3H3. The molecule has 0 N–H and O–H groups in total. The fourth-order valence-corrected chi connectivity index (χ4v) is 2.92. The molecule has 0 rings (SSSR count). The maximum atomic E-state index is 13.7. The van der Waals surface area contributed by atoms with Gasteiger partial charge in [0, 0.05) is 0 Å². The van der Waals surface area contributed by atoms with Gasteiger partial charge in [-0.05, 0) is 20.8 Å². The highest BCUT2D eigenvalue weighted by Crippen LogP contribution is 2.61. The summed E-state index contributed by atoms with van der Waals surface area (Å²) in [6, 6.07) is 0. The van der Waals surface area contributed by atoms with Gasteiger partial charge in [-0.25, -0.2) is 8.96 Å². The molecule has 0 aliphatic heterocycles. The molecule has 3 atom stereocenters. The lowest BCUT2D eigenvalue weighted by atomic mass is 9.92. The van der Waals surface area contributed by atoms with E-state index in [4.69, 9.17) is 0 Å². The van der Waals surface area contributed by atoms with E-state index in [2.05, 4.69) is 9.05 Å². The Labute approximate surface area is 159 Å². The predicted octanol–water partition coefficient (Wildman–Crippen LogP) is 6.98. The molecule has 0 aromatic carbocycles. The van der Waals surface area contributed by atoms with Crippen molar-refractivity contribution in [3.8, 4) is 0 Å². The average Bonchev–Trinajstić information content (AvgIpc) is 2.51. The molecule has 0 spiro atoms. The summed E-state index contributed by atoms with van der Waals surface area (Å²) in [5.41, 5.74) is -4.84. The monoisotopic (exact) mass is 502 g/mol. The van der Waals surface area contributed by atoms with E-state index in [-0.39, 0.29) is 6.92 Å². The maximum Gasteiger partial charge on any atom is 0.513 e. The van der Waals surface area contributed by atoms with Gasteiger partial charge in [-0.1, -0.05) is 0 Å². The Hall–Kier alpha value is -0.410. The van der Waals surface area contributed by atoms with Crippen molar-refractivity contribution >= 4 is 20.1 Å². The minimum absolute atomic E-state index is 0.328. The second-order valence-electron chi connectivity index (χ2n) is 5.71. The summed E-state index contributed by atoms with van der Waals surface area (Å²) in [6.45, 7) is 1.56. The Bertz CT molecular complexity index is 615. The van der Waals surface area contributed by atoms with Crippen LogP contribution in [-0.2, 0) is 13.6 Å². The maximum absolute atomic E-state index is 13.7. The van der Waals surface area contributed by atoms with Gasteiger partial charge in [-0.2, -0.15) is 47.8 Å². The molecule has 18 heteroatoms. The molecule has 0 aliphatic rings.